The molecule has 1 atom stereocenters. The van der Waals surface area contributed by atoms with Crippen molar-refractivity contribution < 1.29 is 8.78 Å². The fraction of sp³-hybridized carbons (Fsp3) is 0.625. The van der Waals surface area contributed by atoms with E-state index in [4.69, 9.17) is 0 Å². The van der Waals surface area contributed by atoms with Crippen LogP contribution in [-0.4, -0.2) is 13.1 Å². The monoisotopic (exact) mass is 269 g/mol. The first-order valence-electron chi connectivity index (χ1n) is 7.01. The van der Waals surface area contributed by atoms with Gasteiger partial charge in [-0.2, -0.15) is 0 Å². The summed E-state index contributed by atoms with van der Waals surface area (Å²) in [6.07, 6.45) is 1.30. The summed E-state index contributed by atoms with van der Waals surface area (Å²) in [5, 5.41) is 3.39. The molecule has 1 N–H and O–H groups in total. The van der Waals surface area contributed by atoms with Gasteiger partial charge in [0.1, 0.15) is 11.6 Å². The van der Waals surface area contributed by atoms with Gasteiger partial charge < -0.3 is 5.32 Å². The number of hydrogen-bond acceptors (Lipinski definition) is 1. The highest BCUT2D eigenvalue weighted by Gasteiger charge is 2.25. The van der Waals surface area contributed by atoms with Gasteiger partial charge in [0, 0.05) is 12.1 Å². The summed E-state index contributed by atoms with van der Waals surface area (Å²) >= 11 is 0. The summed E-state index contributed by atoms with van der Waals surface area (Å²) in [7, 11) is 0. The lowest BCUT2D eigenvalue weighted by atomic mass is 9.80. The highest BCUT2D eigenvalue weighted by atomic mass is 19.1. The van der Waals surface area contributed by atoms with Gasteiger partial charge in [-0.1, -0.05) is 33.8 Å². The normalized spacial score (nSPS) is 14.7. The molecule has 0 aliphatic rings. The van der Waals surface area contributed by atoms with Gasteiger partial charge in [-0.05, 0) is 42.9 Å². The lowest BCUT2D eigenvalue weighted by molar-refractivity contribution is 0.278. The van der Waals surface area contributed by atoms with Crippen LogP contribution in [0.4, 0.5) is 8.78 Å². The Morgan fingerprint density at radius 2 is 1.79 bits per heavy atom. The minimum Gasteiger partial charge on any atom is -0.316 e. The Hall–Kier alpha value is -0.960. The molecule has 0 aromatic heterocycles. The first-order valence-corrected chi connectivity index (χ1v) is 7.01. The Labute approximate surface area is 115 Å². The van der Waals surface area contributed by atoms with Crippen molar-refractivity contribution in [2.24, 2.45) is 11.3 Å². The Morgan fingerprint density at radius 3 is 2.26 bits per heavy atom. The van der Waals surface area contributed by atoms with Crippen molar-refractivity contribution in [3.8, 4) is 0 Å². The van der Waals surface area contributed by atoms with Gasteiger partial charge in [0.05, 0.1) is 0 Å². The Kier molecular flexibility index (Phi) is 5.92. The van der Waals surface area contributed by atoms with E-state index in [1.807, 2.05) is 0 Å². The summed E-state index contributed by atoms with van der Waals surface area (Å²) in [5.74, 6) is -0.307. The minimum atomic E-state index is -0.441. The van der Waals surface area contributed by atoms with Gasteiger partial charge in [-0.15, -0.1) is 0 Å². The molecule has 0 fully saturated rings. The van der Waals surface area contributed by atoms with Crippen molar-refractivity contribution in [1.29, 1.82) is 0 Å². The van der Waals surface area contributed by atoms with E-state index in [-0.39, 0.29) is 11.0 Å². The van der Waals surface area contributed by atoms with Crippen LogP contribution in [0.2, 0.25) is 0 Å². The zero-order valence-electron chi connectivity index (χ0n) is 12.4. The number of halogens is 2. The van der Waals surface area contributed by atoms with Crippen LogP contribution in [0.15, 0.2) is 18.2 Å². The Morgan fingerprint density at radius 1 is 1.21 bits per heavy atom. The van der Waals surface area contributed by atoms with E-state index in [1.165, 1.54) is 18.2 Å². The predicted molar refractivity (Wildman–Crippen MR) is 76.2 cm³/mol. The van der Waals surface area contributed by atoms with Gasteiger partial charge in [0.15, 0.2) is 0 Å². The molecule has 1 nitrogen and oxygen atoms in total. The Bertz CT molecular complexity index is 383. The quantitative estimate of drug-likeness (QED) is 0.783. The van der Waals surface area contributed by atoms with Crippen LogP contribution in [0.5, 0.6) is 0 Å². The van der Waals surface area contributed by atoms with Crippen LogP contribution in [0.3, 0.4) is 0 Å². The third kappa shape index (κ3) is 4.90. The van der Waals surface area contributed by atoms with E-state index in [0.717, 1.165) is 19.5 Å². The van der Waals surface area contributed by atoms with Crippen molar-refractivity contribution >= 4 is 0 Å². The maximum absolute atomic E-state index is 13.7. The Balaban J connectivity index is 2.74. The predicted octanol–water partition coefficient (Wildman–Crippen LogP) is 4.17. The van der Waals surface area contributed by atoms with Crippen LogP contribution in [0.25, 0.3) is 0 Å². The standard InChI is InChI=1S/C16H25F2N/c1-5-16(4,11-19-10-12(2)3)9-13-14(17)7-6-8-15(13)18/h6-8,12,19H,5,9-11H2,1-4H3. The molecule has 1 aromatic rings. The molecular weight excluding hydrogens is 244 g/mol. The zero-order chi connectivity index (χ0) is 14.5. The molecule has 0 heterocycles. The fourth-order valence-corrected chi connectivity index (χ4v) is 2.10. The molecule has 0 aliphatic carbocycles. The first kappa shape index (κ1) is 16.1. The maximum atomic E-state index is 13.7. The highest BCUT2D eigenvalue weighted by Crippen LogP contribution is 2.28. The van der Waals surface area contributed by atoms with Gasteiger partial charge in [-0.3, -0.25) is 0 Å². The average Bonchev–Trinajstić information content (AvgIpc) is 2.34. The second kappa shape index (κ2) is 6.99. The van der Waals surface area contributed by atoms with Gasteiger partial charge in [-0.25, -0.2) is 8.78 Å². The van der Waals surface area contributed by atoms with Gasteiger partial charge >= 0.3 is 0 Å². The molecule has 0 aliphatic heterocycles. The number of rotatable bonds is 7. The molecule has 0 radical (unpaired) electrons. The maximum Gasteiger partial charge on any atom is 0.129 e. The summed E-state index contributed by atoms with van der Waals surface area (Å²) in [6.45, 7) is 10.1. The summed E-state index contributed by atoms with van der Waals surface area (Å²) in [5.41, 5.74) is 0.0796. The molecule has 0 saturated heterocycles. The van der Waals surface area contributed by atoms with E-state index in [1.54, 1.807) is 0 Å². The summed E-state index contributed by atoms with van der Waals surface area (Å²) in [4.78, 5) is 0. The third-order valence-electron chi connectivity index (χ3n) is 3.62. The molecule has 0 amide bonds. The molecule has 19 heavy (non-hydrogen) atoms. The van der Waals surface area contributed by atoms with Crippen LogP contribution in [0.1, 0.15) is 39.7 Å². The first-order chi connectivity index (χ1) is 8.88. The van der Waals surface area contributed by atoms with Crippen molar-refractivity contribution in [3.63, 3.8) is 0 Å². The number of benzene rings is 1. The lowest BCUT2D eigenvalue weighted by Crippen LogP contribution is -2.35. The lowest BCUT2D eigenvalue weighted by Gasteiger charge is -2.29. The number of hydrogen-bond donors (Lipinski definition) is 1. The van der Waals surface area contributed by atoms with Crippen molar-refractivity contribution in [2.45, 2.75) is 40.5 Å². The topological polar surface area (TPSA) is 12.0 Å². The SMILES string of the molecule is CCC(C)(CNCC(C)C)Cc1c(F)cccc1F. The average molecular weight is 269 g/mol. The highest BCUT2D eigenvalue weighted by molar-refractivity contribution is 5.21. The molecule has 0 saturated carbocycles. The third-order valence-corrected chi connectivity index (χ3v) is 3.62. The van der Waals surface area contributed by atoms with Crippen molar-refractivity contribution in [2.75, 3.05) is 13.1 Å². The van der Waals surface area contributed by atoms with E-state index in [2.05, 4.69) is 33.0 Å². The molecule has 1 rings (SSSR count). The molecule has 1 unspecified atom stereocenters. The molecule has 108 valence electrons. The van der Waals surface area contributed by atoms with Crippen molar-refractivity contribution in [1.82, 2.24) is 5.32 Å². The summed E-state index contributed by atoms with van der Waals surface area (Å²) in [6, 6.07) is 4.07. The van der Waals surface area contributed by atoms with Crippen LogP contribution in [-0.2, 0) is 6.42 Å². The minimum absolute atomic E-state index is 0.127. The molecule has 1 aromatic carbocycles. The second-order valence-electron chi connectivity index (χ2n) is 6.07. The van der Waals surface area contributed by atoms with Crippen LogP contribution >= 0.6 is 0 Å². The van der Waals surface area contributed by atoms with E-state index >= 15 is 0 Å². The van der Waals surface area contributed by atoms with Crippen LogP contribution < -0.4 is 5.32 Å². The largest absolute Gasteiger partial charge is 0.316 e. The fourth-order valence-electron chi connectivity index (χ4n) is 2.10. The van der Waals surface area contributed by atoms with Gasteiger partial charge in [0.25, 0.3) is 0 Å². The van der Waals surface area contributed by atoms with E-state index in [0.29, 0.717) is 12.3 Å². The second-order valence-corrected chi connectivity index (χ2v) is 6.07. The molecule has 3 heteroatoms. The zero-order valence-corrected chi connectivity index (χ0v) is 12.4. The van der Waals surface area contributed by atoms with Crippen molar-refractivity contribution in [3.05, 3.63) is 35.4 Å². The number of nitrogens with one attached hydrogen (secondary N) is 1. The molecule has 0 bridgehead atoms. The summed E-state index contributed by atoms with van der Waals surface area (Å²) < 4.78 is 27.4. The van der Waals surface area contributed by atoms with E-state index < -0.39 is 11.6 Å². The molecular formula is C16H25F2N. The van der Waals surface area contributed by atoms with E-state index in [9.17, 15) is 8.78 Å². The molecule has 0 spiro atoms. The van der Waals surface area contributed by atoms with Gasteiger partial charge in [0.2, 0.25) is 0 Å². The van der Waals surface area contributed by atoms with Crippen LogP contribution in [0, 0.1) is 23.0 Å². The smallest absolute Gasteiger partial charge is 0.129 e.